The van der Waals surface area contributed by atoms with E-state index in [1.54, 1.807) is 12.1 Å². The Morgan fingerprint density at radius 3 is 2.31 bits per heavy atom. The molecule has 0 radical (unpaired) electrons. The molecule has 1 aromatic heterocycles. The molecule has 1 fully saturated rings. The van der Waals surface area contributed by atoms with Gasteiger partial charge in [0.25, 0.3) is 5.91 Å². The van der Waals surface area contributed by atoms with Crippen LogP contribution in [0.25, 0.3) is 11.0 Å². The molecule has 0 saturated carbocycles. The van der Waals surface area contributed by atoms with E-state index in [-0.39, 0.29) is 35.7 Å². The molecule has 39 heavy (non-hydrogen) atoms. The lowest BCUT2D eigenvalue weighted by Crippen LogP contribution is -2.53. The lowest BCUT2D eigenvalue weighted by Gasteiger charge is -2.25. The molecule has 10 heteroatoms. The molecule has 4 amide bonds. The molecular formula is C29H40N4O6. The molecule has 0 spiro atoms. The zero-order valence-electron chi connectivity index (χ0n) is 23.4. The fraction of sp³-hybridized carbons (Fsp3) is 0.552. The standard InChI is InChI=1S/C29H40N4O6/c1-17(2)13-22(19(5)34)32-29(38)33-12-8-10-21(24(35)16-33)30-27(36)23(14-18(3)4)31-28(37)26-15-20-9-6-7-11-25(20)39-26/h6-7,9,11,15,17-18,21-23H,8,10,12-14,16H2,1-5H3,(H,30,36)(H,31,37)(H,32,38)/t21-,22+,23-/m0/s1. The van der Waals surface area contributed by atoms with Crippen molar-refractivity contribution in [2.24, 2.45) is 11.8 Å². The van der Waals surface area contributed by atoms with Crippen molar-refractivity contribution < 1.29 is 28.4 Å². The predicted octanol–water partition coefficient (Wildman–Crippen LogP) is 3.44. The topological polar surface area (TPSA) is 138 Å². The third kappa shape index (κ3) is 8.40. The largest absolute Gasteiger partial charge is 0.451 e. The van der Waals surface area contributed by atoms with Crippen LogP contribution in [-0.2, 0) is 14.4 Å². The van der Waals surface area contributed by atoms with Gasteiger partial charge in [-0.3, -0.25) is 19.2 Å². The monoisotopic (exact) mass is 540 g/mol. The number of nitrogens with zero attached hydrogens (tertiary/aromatic N) is 1. The maximum Gasteiger partial charge on any atom is 0.318 e. The van der Waals surface area contributed by atoms with Crippen LogP contribution in [0.15, 0.2) is 34.7 Å². The zero-order chi connectivity index (χ0) is 28.7. The number of para-hydroxylation sites is 1. The molecule has 3 atom stereocenters. The number of fused-ring (bicyclic) bond motifs is 1. The Morgan fingerprint density at radius 1 is 1.00 bits per heavy atom. The minimum atomic E-state index is -0.867. The Morgan fingerprint density at radius 2 is 1.67 bits per heavy atom. The second-order valence-electron chi connectivity index (χ2n) is 11.1. The first-order chi connectivity index (χ1) is 18.4. The number of hydrogen-bond donors (Lipinski definition) is 3. The summed E-state index contributed by atoms with van der Waals surface area (Å²) in [5.41, 5.74) is 0.573. The van der Waals surface area contributed by atoms with Gasteiger partial charge in [-0.05, 0) is 56.6 Å². The van der Waals surface area contributed by atoms with E-state index in [9.17, 15) is 24.0 Å². The van der Waals surface area contributed by atoms with Gasteiger partial charge in [-0.25, -0.2) is 4.79 Å². The summed E-state index contributed by atoms with van der Waals surface area (Å²) in [4.78, 5) is 65.4. The van der Waals surface area contributed by atoms with Gasteiger partial charge in [0, 0.05) is 11.9 Å². The quantitative estimate of drug-likeness (QED) is 0.422. The highest BCUT2D eigenvalue weighted by atomic mass is 16.3. The Labute approximate surface area is 229 Å². The molecule has 1 aliphatic rings. The molecule has 3 rings (SSSR count). The Balaban J connectivity index is 1.63. The number of benzene rings is 1. The van der Waals surface area contributed by atoms with Crippen LogP contribution in [0.4, 0.5) is 4.79 Å². The normalized spacial score (nSPS) is 17.6. The molecule has 1 aromatic carbocycles. The van der Waals surface area contributed by atoms with E-state index < -0.39 is 36.0 Å². The van der Waals surface area contributed by atoms with Crippen LogP contribution in [0.2, 0.25) is 0 Å². The maximum absolute atomic E-state index is 13.2. The van der Waals surface area contributed by atoms with E-state index in [2.05, 4.69) is 16.0 Å². The number of rotatable bonds is 10. The number of likely N-dealkylation sites (tertiary alicyclic amines) is 1. The SMILES string of the molecule is CC(=O)[C@@H](CC(C)C)NC(=O)N1CCC[C@H](NC(=O)[C@H](CC(C)C)NC(=O)c2cc3ccccc3o2)C(=O)C1. The van der Waals surface area contributed by atoms with Crippen LogP contribution < -0.4 is 16.0 Å². The summed E-state index contributed by atoms with van der Waals surface area (Å²) in [6.07, 6.45) is 1.75. The van der Waals surface area contributed by atoms with Gasteiger partial charge in [-0.15, -0.1) is 0 Å². The van der Waals surface area contributed by atoms with E-state index in [1.165, 1.54) is 11.8 Å². The predicted molar refractivity (Wildman–Crippen MR) is 147 cm³/mol. The fourth-order valence-electron chi connectivity index (χ4n) is 4.69. The van der Waals surface area contributed by atoms with Crippen molar-refractivity contribution in [1.82, 2.24) is 20.9 Å². The third-order valence-corrected chi connectivity index (χ3v) is 6.73. The van der Waals surface area contributed by atoms with Gasteiger partial charge in [0.05, 0.1) is 18.6 Å². The highest BCUT2D eigenvalue weighted by molar-refractivity contribution is 6.00. The number of carbonyl (C=O) groups is 5. The van der Waals surface area contributed by atoms with Gasteiger partial charge in [0.1, 0.15) is 11.6 Å². The van der Waals surface area contributed by atoms with E-state index in [4.69, 9.17) is 4.42 Å². The smallest absolute Gasteiger partial charge is 0.318 e. The number of amides is 4. The number of carbonyl (C=O) groups excluding carboxylic acids is 5. The van der Waals surface area contributed by atoms with Crippen LogP contribution >= 0.6 is 0 Å². The highest BCUT2D eigenvalue weighted by Gasteiger charge is 2.32. The summed E-state index contributed by atoms with van der Waals surface area (Å²) in [6.45, 7) is 9.40. The van der Waals surface area contributed by atoms with Gasteiger partial charge >= 0.3 is 6.03 Å². The Bertz CT molecular complexity index is 1170. The molecule has 2 aromatic rings. The number of urea groups is 1. The summed E-state index contributed by atoms with van der Waals surface area (Å²) in [5.74, 6) is -0.986. The number of hydrogen-bond acceptors (Lipinski definition) is 6. The maximum atomic E-state index is 13.2. The lowest BCUT2D eigenvalue weighted by molar-refractivity contribution is -0.129. The van der Waals surface area contributed by atoms with Gasteiger partial charge in [0.15, 0.2) is 17.3 Å². The lowest BCUT2D eigenvalue weighted by atomic mass is 10.0. The molecule has 10 nitrogen and oxygen atoms in total. The average molecular weight is 541 g/mol. The minimum Gasteiger partial charge on any atom is -0.451 e. The zero-order valence-corrected chi connectivity index (χ0v) is 23.4. The first kappa shape index (κ1) is 29.9. The first-order valence-electron chi connectivity index (χ1n) is 13.6. The third-order valence-electron chi connectivity index (χ3n) is 6.73. The van der Waals surface area contributed by atoms with Crippen molar-refractivity contribution in [3.05, 3.63) is 36.1 Å². The van der Waals surface area contributed by atoms with E-state index in [1.807, 2.05) is 45.9 Å². The van der Waals surface area contributed by atoms with Gasteiger partial charge in [-0.1, -0.05) is 45.9 Å². The molecule has 212 valence electrons. The van der Waals surface area contributed by atoms with Crippen LogP contribution in [0, 0.1) is 11.8 Å². The molecule has 0 aliphatic carbocycles. The van der Waals surface area contributed by atoms with Crippen molar-refractivity contribution in [3.63, 3.8) is 0 Å². The van der Waals surface area contributed by atoms with E-state index in [0.29, 0.717) is 37.8 Å². The van der Waals surface area contributed by atoms with Gasteiger partial charge < -0.3 is 25.3 Å². The summed E-state index contributed by atoms with van der Waals surface area (Å²) in [6, 6.07) is 6.14. The van der Waals surface area contributed by atoms with Crippen molar-refractivity contribution >= 4 is 40.4 Å². The van der Waals surface area contributed by atoms with Crippen molar-refractivity contribution in [3.8, 4) is 0 Å². The summed E-state index contributed by atoms with van der Waals surface area (Å²) in [7, 11) is 0. The molecular weight excluding hydrogens is 500 g/mol. The average Bonchev–Trinajstić information content (AvgIpc) is 3.21. The molecule has 0 unspecified atom stereocenters. The van der Waals surface area contributed by atoms with Crippen molar-refractivity contribution in [1.29, 1.82) is 0 Å². The fourth-order valence-corrected chi connectivity index (χ4v) is 4.69. The van der Waals surface area contributed by atoms with Gasteiger partial charge in [-0.2, -0.15) is 0 Å². The minimum absolute atomic E-state index is 0.0980. The van der Waals surface area contributed by atoms with Crippen LogP contribution in [0.3, 0.4) is 0 Å². The Kier molecular flexibility index (Phi) is 10.3. The molecule has 1 aliphatic heterocycles. The summed E-state index contributed by atoms with van der Waals surface area (Å²) < 4.78 is 5.63. The van der Waals surface area contributed by atoms with Crippen LogP contribution in [0.1, 0.15) is 70.9 Å². The van der Waals surface area contributed by atoms with Crippen molar-refractivity contribution in [2.75, 3.05) is 13.1 Å². The van der Waals surface area contributed by atoms with Crippen LogP contribution in [0.5, 0.6) is 0 Å². The van der Waals surface area contributed by atoms with Gasteiger partial charge in [0.2, 0.25) is 5.91 Å². The molecule has 2 heterocycles. The molecule has 3 N–H and O–H groups in total. The highest BCUT2D eigenvalue weighted by Crippen LogP contribution is 2.19. The van der Waals surface area contributed by atoms with E-state index in [0.717, 1.165) is 5.39 Å². The van der Waals surface area contributed by atoms with E-state index >= 15 is 0 Å². The number of Topliss-reactive ketones (excluding diaryl/α,β-unsaturated/α-hetero) is 2. The Hall–Kier alpha value is -3.69. The van der Waals surface area contributed by atoms with Crippen molar-refractivity contribution in [2.45, 2.75) is 78.4 Å². The summed E-state index contributed by atoms with van der Waals surface area (Å²) >= 11 is 0. The molecule has 0 bridgehead atoms. The number of ketones is 2. The summed E-state index contributed by atoms with van der Waals surface area (Å²) in [5, 5.41) is 9.08. The molecule has 1 saturated heterocycles. The van der Waals surface area contributed by atoms with Crippen LogP contribution in [-0.4, -0.2) is 65.5 Å². The number of furan rings is 1. The number of nitrogens with one attached hydrogen (secondary N) is 3. The second kappa shape index (κ2) is 13.4. The first-order valence-corrected chi connectivity index (χ1v) is 13.6. The second-order valence-corrected chi connectivity index (χ2v) is 11.1.